The summed E-state index contributed by atoms with van der Waals surface area (Å²) in [5.74, 6) is 3.26. The Bertz CT molecular complexity index is 3700. The molecule has 8 bridgehead atoms. The van der Waals surface area contributed by atoms with E-state index in [1.807, 2.05) is 58.2 Å². The second-order valence-corrected chi connectivity index (χ2v) is 23.7. The number of methoxy groups -OCH3 is 1. The minimum absolute atomic E-state index is 0.427. The molecule has 12 aliphatic rings. The summed E-state index contributed by atoms with van der Waals surface area (Å²) in [6.07, 6.45) is 21.8. The molecule has 19 heterocycles. The standard InChI is InChI=1S/C62H66N18O2/c1-4-42(56-17-48(73-29-46-13-47(30-73)71-46)37-79-61(56)44(19-63)25-69-79)23-65-39(2)72-31-52-15-53(32-72)77(52)28-41-6-10-60(68-22-41)82-12-11-76-50-14-51(76)34-74(33-50)49-18-57(62-45(20-64)26-70-80(62)38-49)43-7-8-58(66-24-43)75-35-54-16-55(36-75)78(54)27-40-5-9-59(81-3)67-21-40/h4-10,17-18,21-26,37-38,46-47,50-55,71H,1,11-16,27-36H2,2-3H3/b42-23+,65-39?. The zero-order chi connectivity index (χ0) is 55.2. The van der Waals surface area contributed by atoms with Crippen molar-refractivity contribution in [2.75, 3.05) is 87.3 Å². The van der Waals surface area contributed by atoms with Crippen molar-refractivity contribution in [2.45, 2.75) is 94.0 Å². The van der Waals surface area contributed by atoms with Crippen LogP contribution in [-0.4, -0.2) is 181 Å². The van der Waals surface area contributed by atoms with Crippen LogP contribution in [0.2, 0.25) is 0 Å². The highest BCUT2D eigenvalue weighted by molar-refractivity contribution is 5.90. The van der Waals surface area contributed by atoms with Crippen LogP contribution < -0.4 is 29.5 Å². The van der Waals surface area contributed by atoms with Gasteiger partial charge in [-0.05, 0) is 68.0 Å². The number of piperidine rings is 4. The van der Waals surface area contributed by atoms with E-state index in [-0.39, 0.29) is 0 Å². The number of anilines is 3. The first kappa shape index (κ1) is 50.6. The summed E-state index contributed by atoms with van der Waals surface area (Å²) in [5, 5.41) is 33.0. The quantitative estimate of drug-likeness (QED) is 0.0690. The molecule has 20 heteroatoms. The lowest BCUT2D eigenvalue weighted by Gasteiger charge is -2.57. The third kappa shape index (κ3) is 9.05. The van der Waals surface area contributed by atoms with E-state index in [2.05, 4.69) is 123 Å². The number of hydrogen-bond acceptors (Lipinski definition) is 17. The number of piperazine rings is 4. The molecule has 416 valence electrons. The van der Waals surface area contributed by atoms with Crippen molar-refractivity contribution >= 4 is 39.6 Å². The second-order valence-electron chi connectivity index (χ2n) is 23.7. The molecular formula is C62H66N18O2. The number of rotatable bonds is 16. The van der Waals surface area contributed by atoms with Crippen LogP contribution in [0.5, 0.6) is 11.8 Å². The minimum atomic E-state index is 0.427. The van der Waals surface area contributed by atoms with Gasteiger partial charge in [0.25, 0.3) is 0 Å². The van der Waals surface area contributed by atoms with Crippen LogP contribution in [0.25, 0.3) is 27.7 Å². The Hall–Kier alpha value is -8.40. The monoisotopic (exact) mass is 1090 g/mol. The van der Waals surface area contributed by atoms with Gasteiger partial charge in [-0.25, -0.2) is 29.0 Å². The van der Waals surface area contributed by atoms with Gasteiger partial charge in [-0.1, -0.05) is 24.8 Å². The zero-order valence-corrected chi connectivity index (χ0v) is 46.4. The molecule has 8 unspecified atom stereocenters. The highest BCUT2D eigenvalue weighted by Crippen LogP contribution is 2.40. The maximum absolute atomic E-state index is 10.1. The largest absolute Gasteiger partial charge is 0.481 e. The second kappa shape index (κ2) is 20.5. The summed E-state index contributed by atoms with van der Waals surface area (Å²) in [5.41, 5.74) is 11.0. The lowest BCUT2D eigenvalue weighted by atomic mass is 9.87. The molecule has 0 amide bonds. The average Bonchev–Trinajstić information content (AvgIpc) is 3.31. The molecule has 0 radical (unpaired) electrons. The predicted octanol–water partition coefficient (Wildman–Crippen LogP) is 5.85. The summed E-state index contributed by atoms with van der Waals surface area (Å²) < 4.78 is 15.2. The van der Waals surface area contributed by atoms with E-state index in [1.54, 1.807) is 19.5 Å². The number of hydrogen-bond donors (Lipinski definition) is 1. The van der Waals surface area contributed by atoms with E-state index < -0.39 is 0 Å². The number of allylic oxidation sites excluding steroid dienone is 2. The van der Waals surface area contributed by atoms with Crippen molar-refractivity contribution in [1.29, 1.82) is 10.5 Å². The number of nitrogens with one attached hydrogen (secondary N) is 1. The molecule has 12 aliphatic heterocycles. The number of nitrogens with zero attached hydrogens (tertiary/aromatic N) is 17. The zero-order valence-electron chi connectivity index (χ0n) is 46.4. The van der Waals surface area contributed by atoms with E-state index >= 15 is 0 Å². The van der Waals surface area contributed by atoms with Crippen LogP contribution >= 0.6 is 0 Å². The SMILES string of the molecule is C=C/C(=C\N=C(C)N1CC2CC(C1)N2Cc1ccc(OCCN2C3CC2CN(c2cc(-c4ccc(N5CC6CC(C5)N6Cc5ccc(OC)nc5)nc4)c4c(C#N)cnn4c2)C3)nc1)c1cc(N2CC3CC(C2)N3)cn2ncc(C#N)c12. The fourth-order valence-corrected chi connectivity index (χ4v) is 14.6. The van der Waals surface area contributed by atoms with E-state index in [9.17, 15) is 10.5 Å². The van der Waals surface area contributed by atoms with Gasteiger partial charge >= 0.3 is 0 Å². The van der Waals surface area contributed by atoms with Crippen molar-refractivity contribution in [1.82, 2.24) is 59.1 Å². The van der Waals surface area contributed by atoms with Crippen LogP contribution in [0, 0.1) is 22.7 Å². The Morgan fingerprint density at radius 3 is 1.85 bits per heavy atom. The van der Waals surface area contributed by atoms with E-state index in [0.29, 0.717) is 77.8 Å². The molecule has 7 aromatic heterocycles. The molecule has 12 fully saturated rings. The van der Waals surface area contributed by atoms with Gasteiger partial charge in [-0.3, -0.25) is 14.7 Å². The highest BCUT2D eigenvalue weighted by Gasteiger charge is 2.47. The molecule has 0 aliphatic carbocycles. The molecule has 12 saturated heterocycles. The number of ether oxygens (including phenoxy) is 2. The fraction of sp³-hybridized carbons (Fsp3) is 0.419. The van der Waals surface area contributed by atoms with Gasteiger partial charge < -0.3 is 34.4 Å². The van der Waals surface area contributed by atoms with Gasteiger partial charge in [0.15, 0.2) is 0 Å². The third-order valence-corrected chi connectivity index (χ3v) is 19.0. The Morgan fingerprint density at radius 2 is 1.26 bits per heavy atom. The number of nitriles is 2. The topological polar surface area (TPSA) is 186 Å². The molecule has 1 N–H and O–H groups in total. The van der Waals surface area contributed by atoms with Crippen molar-refractivity contribution < 1.29 is 9.47 Å². The van der Waals surface area contributed by atoms with Crippen molar-refractivity contribution in [3.8, 4) is 35.0 Å². The van der Waals surface area contributed by atoms with Crippen LogP contribution in [-0.2, 0) is 13.1 Å². The Balaban J connectivity index is 0.535. The molecule has 0 saturated carbocycles. The van der Waals surface area contributed by atoms with Gasteiger partial charge in [-0.2, -0.15) is 20.7 Å². The molecule has 8 atom stereocenters. The first-order valence-electron chi connectivity index (χ1n) is 29.0. The summed E-state index contributed by atoms with van der Waals surface area (Å²) >= 11 is 0. The van der Waals surface area contributed by atoms with E-state index in [0.717, 1.165) is 128 Å². The number of aromatic nitrogens is 7. The first-order chi connectivity index (χ1) is 40.2. The van der Waals surface area contributed by atoms with Crippen LogP contribution in [0.3, 0.4) is 0 Å². The molecule has 0 spiro atoms. The van der Waals surface area contributed by atoms with Gasteiger partial charge in [0.05, 0.1) is 65.4 Å². The Kier molecular flexibility index (Phi) is 12.7. The first-order valence-corrected chi connectivity index (χ1v) is 29.0. The summed E-state index contributed by atoms with van der Waals surface area (Å²) in [7, 11) is 1.65. The Morgan fingerprint density at radius 1 is 0.671 bits per heavy atom. The normalized spacial score (nSPS) is 25.9. The van der Waals surface area contributed by atoms with Crippen molar-refractivity contribution in [3.63, 3.8) is 0 Å². The van der Waals surface area contributed by atoms with Gasteiger partial charge in [-0.15, -0.1) is 0 Å². The Labute approximate surface area is 476 Å². The summed E-state index contributed by atoms with van der Waals surface area (Å²) in [6.45, 7) is 16.9. The predicted molar refractivity (Wildman–Crippen MR) is 313 cm³/mol. The van der Waals surface area contributed by atoms with Gasteiger partial charge in [0.2, 0.25) is 11.8 Å². The molecular weight excluding hydrogens is 1030 g/mol. The van der Waals surface area contributed by atoms with Crippen LogP contribution in [0.15, 0.2) is 116 Å². The number of amidine groups is 1. The third-order valence-electron chi connectivity index (χ3n) is 19.0. The smallest absolute Gasteiger partial charge is 0.213 e. The van der Waals surface area contributed by atoms with Gasteiger partial charge in [0, 0.05) is 180 Å². The molecule has 0 aromatic carbocycles. The molecule has 19 rings (SSSR count). The maximum Gasteiger partial charge on any atom is 0.213 e. The van der Waals surface area contributed by atoms with E-state index in [1.165, 1.54) is 36.8 Å². The van der Waals surface area contributed by atoms with Gasteiger partial charge in [0.1, 0.15) is 30.4 Å². The minimum Gasteiger partial charge on any atom is -0.481 e. The molecule has 82 heavy (non-hydrogen) atoms. The summed E-state index contributed by atoms with van der Waals surface area (Å²) in [6, 6.07) is 25.4. The van der Waals surface area contributed by atoms with Crippen molar-refractivity contribution in [2.24, 2.45) is 4.99 Å². The average molecular weight is 1100 g/mol. The molecule has 20 nitrogen and oxygen atoms in total. The number of aliphatic imine (C=N–C) groups is 1. The molecule has 7 aromatic rings. The lowest BCUT2D eigenvalue weighted by molar-refractivity contribution is -0.0542. The number of fused-ring (bicyclic) bond motifs is 10. The van der Waals surface area contributed by atoms with E-state index in [4.69, 9.17) is 24.4 Å². The lowest BCUT2D eigenvalue weighted by Crippen LogP contribution is -2.69. The highest BCUT2D eigenvalue weighted by atomic mass is 16.5. The maximum atomic E-state index is 10.1. The van der Waals surface area contributed by atoms with Crippen LogP contribution in [0.1, 0.15) is 60.4 Å². The summed E-state index contributed by atoms with van der Waals surface area (Å²) in [4.78, 5) is 36.7. The number of pyridine rings is 5. The van der Waals surface area contributed by atoms with Crippen LogP contribution in [0.4, 0.5) is 17.2 Å². The fourth-order valence-electron chi connectivity index (χ4n) is 14.6. The van der Waals surface area contributed by atoms with Crippen molar-refractivity contribution in [3.05, 3.63) is 139 Å².